The number of methoxy groups -OCH3 is 1. The number of para-hydroxylation sites is 1. The summed E-state index contributed by atoms with van der Waals surface area (Å²) in [5.74, 6) is 1.08. The van der Waals surface area contributed by atoms with Crippen molar-refractivity contribution in [2.75, 3.05) is 18.6 Å². The van der Waals surface area contributed by atoms with Crippen molar-refractivity contribution in [2.45, 2.75) is 19.3 Å². The van der Waals surface area contributed by atoms with Gasteiger partial charge in [0.1, 0.15) is 11.5 Å². The highest BCUT2D eigenvalue weighted by Gasteiger charge is 2.28. The molecule has 7 heteroatoms. The summed E-state index contributed by atoms with van der Waals surface area (Å²) >= 11 is 0. The van der Waals surface area contributed by atoms with Gasteiger partial charge >= 0.3 is 0 Å². The minimum absolute atomic E-state index is 0.167. The number of hydrogen-bond acceptors (Lipinski definition) is 5. The number of ether oxygens (including phenoxy) is 2. The second kappa shape index (κ2) is 7.88. The Morgan fingerprint density at radius 2 is 2.00 bits per heavy atom. The maximum Gasteiger partial charge on any atom is 0.262 e. The number of hydrogen-bond donors (Lipinski definition) is 2. The van der Waals surface area contributed by atoms with Gasteiger partial charge in [0.25, 0.3) is 5.91 Å². The molecule has 26 heavy (non-hydrogen) atoms. The van der Waals surface area contributed by atoms with E-state index < -0.39 is 5.91 Å². The van der Waals surface area contributed by atoms with E-state index in [0.717, 1.165) is 0 Å². The Kier molecular flexibility index (Phi) is 5.38. The van der Waals surface area contributed by atoms with E-state index in [9.17, 15) is 9.59 Å². The van der Waals surface area contributed by atoms with Crippen LogP contribution >= 0.6 is 0 Å². The minimum atomic E-state index is -0.442. The molecule has 0 fully saturated rings. The van der Waals surface area contributed by atoms with Crippen LogP contribution in [0.5, 0.6) is 17.2 Å². The van der Waals surface area contributed by atoms with Gasteiger partial charge in [-0.3, -0.25) is 14.8 Å². The molecule has 2 aromatic rings. The van der Waals surface area contributed by atoms with Gasteiger partial charge in [0.15, 0.2) is 5.75 Å². The molecule has 1 heterocycles. The first-order chi connectivity index (χ1) is 12.6. The largest absolute Gasteiger partial charge is 0.497 e. The molecule has 0 radical (unpaired) electrons. The average molecular weight is 356 g/mol. The van der Waals surface area contributed by atoms with Gasteiger partial charge < -0.3 is 14.4 Å². The van der Waals surface area contributed by atoms with E-state index in [1.54, 1.807) is 53.9 Å². The van der Waals surface area contributed by atoms with Crippen molar-refractivity contribution in [1.82, 2.24) is 5.48 Å². The van der Waals surface area contributed by atoms with Crippen LogP contribution in [0.1, 0.15) is 29.6 Å². The zero-order chi connectivity index (χ0) is 18.5. The summed E-state index contributed by atoms with van der Waals surface area (Å²) in [7, 11) is 1.56. The third-order valence-corrected chi connectivity index (χ3v) is 4.20. The summed E-state index contributed by atoms with van der Waals surface area (Å²) in [6.07, 6.45) is 1.33. The SMILES string of the molecule is COc1ccc2c(c1)N(CCCCC(=O)NO)C(=O)c1ccccc1O2. The van der Waals surface area contributed by atoms with Crippen molar-refractivity contribution in [2.24, 2.45) is 0 Å². The third-order valence-electron chi connectivity index (χ3n) is 4.20. The first-order valence-electron chi connectivity index (χ1n) is 8.33. The van der Waals surface area contributed by atoms with E-state index >= 15 is 0 Å². The lowest BCUT2D eigenvalue weighted by atomic mass is 10.1. The molecule has 2 amide bonds. The molecule has 2 N–H and O–H groups in total. The lowest BCUT2D eigenvalue weighted by Gasteiger charge is -2.22. The van der Waals surface area contributed by atoms with Gasteiger partial charge in [0, 0.05) is 19.0 Å². The van der Waals surface area contributed by atoms with Gasteiger partial charge in [-0.1, -0.05) is 12.1 Å². The van der Waals surface area contributed by atoms with Crippen molar-refractivity contribution < 1.29 is 24.3 Å². The second-order valence-electron chi connectivity index (χ2n) is 5.88. The molecular formula is C19H20N2O5. The molecule has 0 aromatic heterocycles. The highest BCUT2D eigenvalue weighted by molar-refractivity contribution is 6.09. The molecule has 0 aliphatic carbocycles. The van der Waals surface area contributed by atoms with Crippen LogP contribution in [0.4, 0.5) is 5.69 Å². The smallest absolute Gasteiger partial charge is 0.262 e. The fraction of sp³-hybridized carbons (Fsp3) is 0.263. The topological polar surface area (TPSA) is 88.1 Å². The van der Waals surface area contributed by atoms with Crippen LogP contribution < -0.4 is 19.9 Å². The van der Waals surface area contributed by atoms with E-state index in [1.165, 1.54) is 0 Å². The molecular weight excluding hydrogens is 336 g/mol. The lowest BCUT2D eigenvalue weighted by Crippen LogP contribution is -2.31. The number of benzene rings is 2. The predicted octanol–water partition coefficient (Wildman–Crippen LogP) is 3.12. The monoisotopic (exact) mass is 356 g/mol. The van der Waals surface area contributed by atoms with E-state index in [0.29, 0.717) is 47.9 Å². The molecule has 0 bridgehead atoms. The summed E-state index contributed by atoms with van der Waals surface area (Å²) in [6.45, 7) is 0.412. The zero-order valence-electron chi connectivity index (χ0n) is 14.4. The molecule has 7 nitrogen and oxygen atoms in total. The van der Waals surface area contributed by atoms with Gasteiger partial charge in [0.2, 0.25) is 5.91 Å². The zero-order valence-corrected chi connectivity index (χ0v) is 14.4. The molecule has 0 saturated carbocycles. The van der Waals surface area contributed by atoms with Crippen molar-refractivity contribution in [1.29, 1.82) is 0 Å². The molecule has 3 rings (SSSR count). The van der Waals surface area contributed by atoms with Crippen molar-refractivity contribution in [3.63, 3.8) is 0 Å². The van der Waals surface area contributed by atoms with Gasteiger partial charge in [-0.25, -0.2) is 5.48 Å². The number of amides is 2. The Morgan fingerprint density at radius 1 is 1.19 bits per heavy atom. The molecule has 1 aliphatic rings. The quantitative estimate of drug-likeness (QED) is 0.472. The van der Waals surface area contributed by atoms with Crippen LogP contribution in [-0.4, -0.2) is 30.7 Å². The van der Waals surface area contributed by atoms with Crippen molar-refractivity contribution in [3.8, 4) is 17.2 Å². The first kappa shape index (κ1) is 17.8. The maximum atomic E-state index is 13.1. The molecule has 0 unspecified atom stereocenters. The number of unbranched alkanes of at least 4 members (excludes halogenated alkanes) is 1. The summed E-state index contributed by atoms with van der Waals surface area (Å²) in [5.41, 5.74) is 2.71. The molecule has 0 saturated heterocycles. The highest BCUT2D eigenvalue weighted by Crippen LogP contribution is 2.40. The second-order valence-corrected chi connectivity index (χ2v) is 5.88. The number of rotatable bonds is 6. The van der Waals surface area contributed by atoms with Crippen LogP contribution in [0.15, 0.2) is 42.5 Å². The summed E-state index contributed by atoms with van der Waals surface area (Å²) < 4.78 is 11.2. The molecule has 0 spiro atoms. The first-order valence-corrected chi connectivity index (χ1v) is 8.33. The van der Waals surface area contributed by atoms with Gasteiger partial charge in [-0.15, -0.1) is 0 Å². The average Bonchev–Trinajstić information content (AvgIpc) is 2.79. The van der Waals surface area contributed by atoms with E-state index in [-0.39, 0.29) is 12.3 Å². The molecule has 2 aromatic carbocycles. The number of carbonyl (C=O) groups is 2. The molecule has 1 aliphatic heterocycles. The lowest BCUT2D eigenvalue weighted by molar-refractivity contribution is -0.129. The number of nitrogens with zero attached hydrogens (tertiary/aromatic N) is 1. The number of hydroxylamine groups is 1. The summed E-state index contributed by atoms with van der Waals surface area (Å²) in [5, 5.41) is 8.56. The predicted molar refractivity (Wildman–Crippen MR) is 95.0 cm³/mol. The Bertz CT molecular complexity index is 821. The van der Waals surface area contributed by atoms with Crippen LogP contribution in [0, 0.1) is 0 Å². The molecule has 0 atom stereocenters. The van der Waals surface area contributed by atoms with Crippen molar-refractivity contribution in [3.05, 3.63) is 48.0 Å². The van der Waals surface area contributed by atoms with Gasteiger partial charge in [-0.05, 0) is 37.1 Å². The molecule has 136 valence electrons. The van der Waals surface area contributed by atoms with E-state index in [1.807, 2.05) is 6.07 Å². The van der Waals surface area contributed by atoms with Crippen LogP contribution in [-0.2, 0) is 4.79 Å². The normalized spacial score (nSPS) is 12.5. The number of anilines is 1. The van der Waals surface area contributed by atoms with E-state index in [2.05, 4.69) is 0 Å². The summed E-state index contributed by atoms with van der Waals surface area (Å²) in [6, 6.07) is 12.4. The number of carbonyl (C=O) groups excluding carboxylic acids is 2. The van der Waals surface area contributed by atoms with Gasteiger partial charge in [0.05, 0.1) is 18.4 Å². The summed E-state index contributed by atoms with van der Waals surface area (Å²) in [4.78, 5) is 25.9. The highest BCUT2D eigenvalue weighted by atomic mass is 16.5. The number of fused-ring (bicyclic) bond motifs is 2. The standard InChI is InChI=1S/C19H20N2O5/c1-25-13-9-10-17-15(12-13)21(11-5-4-8-18(22)20-24)19(23)14-6-2-3-7-16(14)26-17/h2-3,6-7,9-10,12,24H,4-5,8,11H2,1H3,(H,20,22). The van der Waals surface area contributed by atoms with Crippen LogP contribution in [0.3, 0.4) is 0 Å². The minimum Gasteiger partial charge on any atom is -0.497 e. The van der Waals surface area contributed by atoms with Crippen LogP contribution in [0.25, 0.3) is 0 Å². The van der Waals surface area contributed by atoms with Crippen LogP contribution in [0.2, 0.25) is 0 Å². The Hall–Kier alpha value is -3.06. The Balaban J connectivity index is 1.90. The van der Waals surface area contributed by atoms with Gasteiger partial charge in [-0.2, -0.15) is 0 Å². The van der Waals surface area contributed by atoms with E-state index in [4.69, 9.17) is 14.7 Å². The maximum absolute atomic E-state index is 13.1. The Morgan fingerprint density at radius 3 is 2.77 bits per heavy atom. The fourth-order valence-electron chi connectivity index (χ4n) is 2.86. The Labute approximate surface area is 151 Å². The fourth-order valence-corrected chi connectivity index (χ4v) is 2.86. The van der Waals surface area contributed by atoms with Crippen molar-refractivity contribution >= 4 is 17.5 Å². The third kappa shape index (κ3) is 3.62. The number of nitrogens with one attached hydrogen (secondary N) is 1.